The maximum atomic E-state index is 11.6. The van der Waals surface area contributed by atoms with E-state index < -0.39 is 18.3 Å². The highest BCUT2D eigenvalue weighted by Gasteiger charge is 2.52. The summed E-state index contributed by atoms with van der Waals surface area (Å²) < 4.78 is 12.5. The normalized spacial score (nSPS) is 21.8. The highest BCUT2D eigenvalue weighted by Crippen LogP contribution is 2.39. The summed E-state index contributed by atoms with van der Waals surface area (Å²) in [5, 5.41) is 0.101. The molecule has 2 aliphatic heterocycles. The molecule has 0 bridgehead atoms. The van der Waals surface area contributed by atoms with Gasteiger partial charge < -0.3 is 14.2 Å². The van der Waals surface area contributed by atoms with E-state index in [2.05, 4.69) is 62.9 Å². The van der Waals surface area contributed by atoms with E-state index in [0.717, 1.165) is 24.1 Å². The number of carbonyl (C=O) groups is 1. The van der Waals surface area contributed by atoms with E-state index in [-0.39, 0.29) is 5.12 Å². The Kier molecular flexibility index (Phi) is 6.63. The molecule has 0 radical (unpaired) electrons. The molecule has 0 spiro atoms. The quantitative estimate of drug-likeness (QED) is 0.652. The minimum atomic E-state index is -0.435. The third kappa shape index (κ3) is 5.02. The van der Waals surface area contributed by atoms with Crippen molar-refractivity contribution < 1.29 is 14.1 Å². The first kappa shape index (κ1) is 21.5. The molecule has 0 amide bonds. The Hall–Kier alpha value is -1.24. The number of benzene rings is 1. The van der Waals surface area contributed by atoms with Crippen molar-refractivity contribution >= 4 is 35.8 Å². The molecule has 2 fully saturated rings. The monoisotopic (exact) mass is 401 g/mol. The third-order valence-electron chi connectivity index (χ3n) is 5.94. The molecule has 0 aromatic heterocycles. The first-order valence-electron chi connectivity index (χ1n) is 10.2. The van der Waals surface area contributed by atoms with E-state index in [0.29, 0.717) is 5.75 Å². The van der Waals surface area contributed by atoms with Crippen LogP contribution < -0.4 is 4.90 Å². The number of rotatable bonds is 5. The highest BCUT2D eigenvalue weighted by atomic mass is 32.2. The fraction of sp³-hybridized carbons (Fsp3) is 0.591. The number of nitrogens with zero attached hydrogens (tertiary/aromatic N) is 1. The van der Waals surface area contributed by atoms with Gasteiger partial charge in [-0.15, -0.1) is 0 Å². The molecule has 2 aliphatic rings. The Labute approximate surface area is 174 Å². The zero-order valence-electron chi connectivity index (χ0n) is 17.8. The second-order valence-electron chi connectivity index (χ2n) is 8.73. The summed E-state index contributed by atoms with van der Waals surface area (Å²) in [6, 6.07) is 8.63. The van der Waals surface area contributed by atoms with Crippen molar-refractivity contribution in [1.29, 1.82) is 0 Å². The molecule has 0 atom stereocenters. The van der Waals surface area contributed by atoms with E-state index in [9.17, 15) is 4.79 Å². The summed E-state index contributed by atoms with van der Waals surface area (Å²) in [6.45, 7) is 12.1. The fourth-order valence-electron chi connectivity index (χ4n) is 3.53. The minimum Gasteiger partial charge on any atom is -0.400 e. The van der Waals surface area contributed by atoms with Gasteiger partial charge in [0, 0.05) is 31.5 Å². The first-order valence-corrected chi connectivity index (χ1v) is 11.2. The summed E-state index contributed by atoms with van der Waals surface area (Å²) >= 11 is 1.30. The van der Waals surface area contributed by atoms with Crippen LogP contribution in [0.2, 0.25) is 0 Å². The van der Waals surface area contributed by atoms with Crippen molar-refractivity contribution in [3.05, 3.63) is 35.3 Å². The SMILES string of the molecule is CC(=O)SCC(=Cc1cccc(N2CCCCC2)c1)B1OC(C)(C)C(C)(C)O1. The number of hydrogen-bond acceptors (Lipinski definition) is 5. The molecule has 28 heavy (non-hydrogen) atoms. The number of anilines is 1. The van der Waals surface area contributed by atoms with E-state index in [1.807, 2.05) is 0 Å². The van der Waals surface area contributed by atoms with Crippen molar-refractivity contribution in [2.75, 3.05) is 23.7 Å². The number of hydrogen-bond donors (Lipinski definition) is 0. The van der Waals surface area contributed by atoms with Crippen molar-refractivity contribution in [3.63, 3.8) is 0 Å². The van der Waals surface area contributed by atoms with Gasteiger partial charge in [0.15, 0.2) is 5.12 Å². The molecule has 6 heteroatoms. The van der Waals surface area contributed by atoms with Gasteiger partial charge in [0.2, 0.25) is 0 Å². The third-order valence-corrected chi connectivity index (χ3v) is 6.83. The maximum absolute atomic E-state index is 11.6. The molecular weight excluding hydrogens is 369 g/mol. The van der Waals surface area contributed by atoms with E-state index in [1.54, 1.807) is 6.92 Å². The predicted octanol–water partition coefficient (Wildman–Crippen LogP) is 4.97. The molecule has 1 aromatic carbocycles. The summed E-state index contributed by atoms with van der Waals surface area (Å²) in [6.07, 6.45) is 5.97. The van der Waals surface area contributed by atoms with Gasteiger partial charge in [0.05, 0.1) is 11.2 Å². The molecule has 0 aliphatic carbocycles. The van der Waals surface area contributed by atoms with Crippen LogP contribution in [-0.4, -0.2) is 42.3 Å². The van der Waals surface area contributed by atoms with Crippen LogP contribution in [0.1, 0.15) is 59.4 Å². The number of carbonyl (C=O) groups excluding carboxylic acids is 1. The lowest BCUT2D eigenvalue weighted by atomic mass is 9.78. The Bertz CT molecular complexity index is 725. The molecule has 0 saturated carbocycles. The van der Waals surface area contributed by atoms with Crippen molar-refractivity contribution in [3.8, 4) is 0 Å². The van der Waals surface area contributed by atoms with Gasteiger partial charge in [-0.05, 0) is 70.1 Å². The fourth-order valence-corrected chi connectivity index (χ4v) is 4.12. The van der Waals surface area contributed by atoms with Crippen LogP contribution >= 0.6 is 11.8 Å². The van der Waals surface area contributed by atoms with E-state index >= 15 is 0 Å². The lowest BCUT2D eigenvalue weighted by Crippen LogP contribution is -2.41. The van der Waals surface area contributed by atoms with E-state index in [1.165, 1.54) is 36.7 Å². The zero-order valence-corrected chi connectivity index (χ0v) is 18.6. The van der Waals surface area contributed by atoms with Gasteiger partial charge in [0.1, 0.15) is 0 Å². The summed E-state index contributed by atoms with van der Waals surface area (Å²) in [7, 11) is -0.435. The average Bonchev–Trinajstić information content (AvgIpc) is 2.87. The van der Waals surface area contributed by atoms with E-state index in [4.69, 9.17) is 9.31 Å². The molecular formula is C22H32BNO3S. The maximum Gasteiger partial charge on any atom is 0.491 e. The van der Waals surface area contributed by atoms with Gasteiger partial charge in [-0.2, -0.15) is 0 Å². The van der Waals surface area contributed by atoms with Gasteiger partial charge in [0.25, 0.3) is 0 Å². The summed E-state index contributed by atoms with van der Waals surface area (Å²) in [5.74, 6) is 0.570. The van der Waals surface area contributed by atoms with Crippen LogP contribution in [0.5, 0.6) is 0 Å². The molecule has 2 heterocycles. The minimum absolute atomic E-state index is 0.101. The standard InChI is InChI=1S/C22H32BNO3S/c1-17(25)28-16-19(23-26-21(2,3)22(4,5)27-23)14-18-10-9-11-20(15-18)24-12-7-6-8-13-24/h9-11,14-15H,6-8,12-13,16H2,1-5H3. The molecule has 0 unspecified atom stereocenters. The van der Waals surface area contributed by atoms with Gasteiger partial charge in [-0.25, -0.2) is 0 Å². The van der Waals surface area contributed by atoms with Gasteiger partial charge >= 0.3 is 7.12 Å². The molecule has 2 saturated heterocycles. The number of piperidine rings is 1. The van der Waals surface area contributed by atoms with Gasteiger partial charge in [-0.1, -0.05) is 30.0 Å². The second kappa shape index (κ2) is 8.64. The Morgan fingerprint density at radius 3 is 2.39 bits per heavy atom. The molecule has 152 valence electrons. The van der Waals surface area contributed by atoms with Crippen LogP contribution in [0.25, 0.3) is 6.08 Å². The Morgan fingerprint density at radius 2 is 1.79 bits per heavy atom. The number of thioether (sulfide) groups is 1. The molecule has 4 nitrogen and oxygen atoms in total. The van der Waals surface area contributed by atoms with Crippen LogP contribution in [-0.2, 0) is 14.1 Å². The molecule has 1 aromatic rings. The Balaban J connectivity index is 1.86. The first-order chi connectivity index (χ1) is 13.2. The predicted molar refractivity (Wildman–Crippen MR) is 120 cm³/mol. The topological polar surface area (TPSA) is 38.8 Å². The van der Waals surface area contributed by atoms with Crippen molar-refractivity contribution in [1.82, 2.24) is 0 Å². The Morgan fingerprint density at radius 1 is 1.14 bits per heavy atom. The highest BCUT2D eigenvalue weighted by molar-refractivity contribution is 8.13. The second-order valence-corrected chi connectivity index (χ2v) is 9.88. The van der Waals surface area contributed by atoms with Crippen molar-refractivity contribution in [2.45, 2.75) is 65.1 Å². The van der Waals surface area contributed by atoms with Crippen LogP contribution in [0.15, 0.2) is 29.7 Å². The molecule has 3 rings (SSSR count). The average molecular weight is 401 g/mol. The van der Waals surface area contributed by atoms with Crippen molar-refractivity contribution in [2.24, 2.45) is 0 Å². The van der Waals surface area contributed by atoms with Crippen LogP contribution in [0.3, 0.4) is 0 Å². The smallest absolute Gasteiger partial charge is 0.400 e. The van der Waals surface area contributed by atoms with Gasteiger partial charge in [-0.3, -0.25) is 4.79 Å². The summed E-state index contributed by atoms with van der Waals surface area (Å²) in [5.41, 5.74) is 2.59. The van der Waals surface area contributed by atoms with Crippen LogP contribution in [0.4, 0.5) is 5.69 Å². The summed E-state index contributed by atoms with van der Waals surface area (Å²) in [4.78, 5) is 14.0. The lowest BCUT2D eigenvalue weighted by molar-refractivity contribution is -0.109. The zero-order chi connectivity index (χ0) is 20.4. The largest absolute Gasteiger partial charge is 0.491 e. The van der Waals surface area contributed by atoms with Crippen LogP contribution in [0, 0.1) is 0 Å². The lowest BCUT2D eigenvalue weighted by Gasteiger charge is -2.32. The molecule has 0 N–H and O–H groups in total.